The van der Waals surface area contributed by atoms with Crippen molar-refractivity contribution >= 4 is 11.3 Å². The van der Waals surface area contributed by atoms with Crippen molar-refractivity contribution in [1.29, 1.82) is 0 Å². The summed E-state index contributed by atoms with van der Waals surface area (Å²) in [6, 6.07) is 6.95. The molecule has 0 spiro atoms. The second-order valence-electron chi connectivity index (χ2n) is 6.63. The molecule has 3 heteroatoms. The van der Waals surface area contributed by atoms with E-state index in [2.05, 4.69) is 48.9 Å². The maximum absolute atomic E-state index is 6.28. The van der Waals surface area contributed by atoms with Gasteiger partial charge in [0.1, 0.15) is 0 Å². The van der Waals surface area contributed by atoms with Crippen molar-refractivity contribution in [2.45, 2.75) is 58.0 Å². The Kier molecular flexibility index (Phi) is 3.51. The zero-order valence-electron chi connectivity index (χ0n) is 12.6. The van der Waals surface area contributed by atoms with Gasteiger partial charge in [0.05, 0.1) is 0 Å². The van der Waals surface area contributed by atoms with Crippen molar-refractivity contribution in [3.63, 3.8) is 0 Å². The number of nitrogens with two attached hydrogens (primary N) is 1. The average molecular weight is 288 g/mol. The van der Waals surface area contributed by atoms with E-state index in [0.29, 0.717) is 0 Å². The summed E-state index contributed by atoms with van der Waals surface area (Å²) >= 11 is 1.86. The molecule has 2 nitrogen and oxygen atoms in total. The van der Waals surface area contributed by atoms with Crippen molar-refractivity contribution in [2.75, 3.05) is 0 Å². The third-order valence-corrected chi connectivity index (χ3v) is 5.75. The molecule has 0 fully saturated rings. The van der Waals surface area contributed by atoms with Gasteiger partial charge in [-0.05, 0) is 49.3 Å². The normalized spacial score (nSPS) is 19.1. The van der Waals surface area contributed by atoms with Crippen LogP contribution in [-0.4, -0.2) is 4.57 Å². The van der Waals surface area contributed by atoms with Crippen LogP contribution in [0.4, 0.5) is 0 Å². The molecule has 0 bridgehead atoms. The van der Waals surface area contributed by atoms with E-state index in [-0.39, 0.29) is 11.5 Å². The van der Waals surface area contributed by atoms with Crippen LogP contribution >= 0.6 is 11.3 Å². The number of aryl methyl sites for hydroxylation is 1. The van der Waals surface area contributed by atoms with E-state index in [9.17, 15) is 0 Å². The summed E-state index contributed by atoms with van der Waals surface area (Å²) in [6.07, 6.45) is 3.53. The average Bonchev–Trinajstić information content (AvgIpc) is 3.01. The Bertz CT molecular complexity index is 593. The SMILES string of the molecule is Cc1cc2c(n1CC(C)(C)c1cccs1)CCCC2N. The largest absolute Gasteiger partial charge is 0.348 e. The molecule has 20 heavy (non-hydrogen) atoms. The van der Waals surface area contributed by atoms with Crippen molar-refractivity contribution in [3.05, 3.63) is 45.4 Å². The summed E-state index contributed by atoms with van der Waals surface area (Å²) in [5, 5.41) is 2.17. The predicted octanol–water partition coefficient (Wildman–Crippen LogP) is 4.17. The zero-order valence-corrected chi connectivity index (χ0v) is 13.5. The molecule has 2 aromatic heterocycles. The second kappa shape index (κ2) is 5.05. The van der Waals surface area contributed by atoms with Crippen LogP contribution in [0, 0.1) is 6.92 Å². The standard InChI is InChI=1S/C17H24N2S/c1-12-10-13-14(18)6-4-7-15(13)19(12)11-17(2,3)16-8-5-9-20-16/h5,8-10,14H,4,6-7,11,18H2,1-3H3. The Labute approximate surface area is 125 Å². The first kappa shape index (κ1) is 13.9. The maximum Gasteiger partial charge on any atom is 0.0324 e. The lowest BCUT2D eigenvalue weighted by atomic mass is 9.90. The number of rotatable bonds is 3. The van der Waals surface area contributed by atoms with Gasteiger partial charge >= 0.3 is 0 Å². The minimum Gasteiger partial charge on any atom is -0.348 e. The van der Waals surface area contributed by atoms with E-state index < -0.39 is 0 Å². The van der Waals surface area contributed by atoms with Crippen molar-refractivity contribution < 1.29 is 0 Å². The van der Waals surface area contributed by atoms with Gasteiger partial charge in [-0.2, -0.15) is 0 Å². The Morgan fingerprint density at radius 2 is 2.25 bits per heavy atom. The van der Waals surface area contributed by atoms with Gasteiger partial charge in [-0.3, -0.25) is 0 Å². The maximum atomic E-state index is 6.28. The Morgan fingerprint density at radius 3 is 2.95 bits per heavy atom. The molecule has 0 amide bonds. The predicted molar refractivity (Wildman–Crippen MR) is 86.4 cm³/mol. The van der Waals surface area contributed by atoms with Crippen LogP contribution in [-0.2, 0) is 18.4 Å². The van der Waals surface area contributed by atoms with Gasteiger partial charge in [0.2, 0.25) is 0 Å². The second-order valence-corrected chi connectivity index (χ2v) is 7.58. The lowest BCUT2D eigenvalue weighted by Crippen LogP contribution is -2.26. The fourth-order valence-electron chi connectivity index (χ4n) is 3.36. The minimum absolute atomic E-state index is 0.174. The highest BCUT2D eigenvalue weighted by Gasteiger charge is 2.27. The molecule has 0 saturated heterocycles. The fraction of sp³-hybridized carbons (Fsp3) is 0.529. The van der Waals surface area contributed by atoms with Crippen molar-refractivity contribution in [3.8, 4) is 0 Å². The molecule has 1 aliphatic carbocycles. The first-order valence-corrected chi connectivity index (χ1v) is 8.35. The molecule has 0 radical (unpaired) electrons. The molecule has 2 aromatic rings. The number of aromatic nitrogens is 1. The minimum atomic E-state index is 0.174. The molecule has 0 saturated carbocycles. The van der Waals surface area contributed by atoms with Gasteiger partial charge in [0.15, 0.2) is 0 Å². The van der Waals surface area contributed by atoms with Crippen LogP contribution in [0.3, 0.4) is 0 Å². The van der Waals surface area contributed by atoms with Crippen molar-refractivity contribution in [2.24, 2.45) is 5.73 Å². The topological polar surface area (TPSA) is 30.9 Å². The number of thiophene rings is 1. The fourth-order valence-corrected chi connectivity index (χ4v) is 4.20. The number of nitrogens with zero attached hydrogens (tertiary/aromatic N) is 1. The smallest absolute Gasteiger partial charge is 0.0324 e. The van der Waals surface area contributed by atoms with Gasteiger partial charge in [0.25, 0.3) is 0 Å². The third kappa shape index (κ3) is 2.33. The summed E-state index contributed by atoms with van der Waals surface area (Å²) in [5.74, 6) is 0. The summed E-state index contributed by atoms with van der Waals surface area (Å²) in [7, 11) is 0. The van der Waals surface area contributed by atoms with E-state index in [1.165, 1.54) is 34.7 Å². The van der Waals surface area contributed by atoms with E-state index in [4.69, 9.17) is 5.73 Å². The molecule has 2 heterocycles. The highest BCUT2D eigenvalue weighted by atomic mass is 32.1. The van der Waals surface area contributed by atoms with E-state index in [1.807, 2.05) is 11.3 Å². The molecule has 0 aliphatic heterocycles. The molecule has 2 N–H and O–H groups in total. The number of fused-ring (bicyclic) bond motifs is 1. The highest BCUT2D eigenvalue weighted by Crippen LogP contribution is 2.35. The summed E-state index contributed by atoms with van der Waals surface area (Å²) in [4.78, 5) is 1.46. The molecule has 3 rings (SSSR count). The van der Waals surface area contributed by atoms with Crippen LogP contribution in [0.2, 0.25) is 0 Å². The highest BCUT2D eigenvalue weighted by molar-refractivity contribution is 7.10. The molecule has 108 valence electrons. The van der Waals surface area contributed by atoms with Gasteiger partial charge in [0, 0.05) is 34.3 Å². The van der Waals surface area contributed by atoms with E-state index in [1.54, 1.807) is 0 Å². The van der Waals surface area contributed by atoms with Gasteiger partial charge in [-0.15, -0.1) is 11.3 Å². The monoisotopic (exact) mass is 288 g/mol. The first-order chi connectivity index (χ1) is 9.49. The number of hydrogen-bond acceptors (Lipinski definition) is 2. The van der Waals surface area contributed by atoms with Crippen LogP contribution in [0.5, 0.6) is 0 Å². The van der Waals surface area contributed by atoms with Gasteiger partial charge < -0.3 is 10.3 Å². The quantitative estimate of drug-likeness (QED) is 0.903. The Balaban J connectivity index is 1.95. The van der Waals surface area contributed by atoms with Crippen LogP contribution < -0.4 is 5.73 Å². The molecule has 1 unspecified atom stereocenters. The lowest BCUT2D eigenvalue weighted by molar-refractivity contribution is 0.421. The van der Waals surface area contributed by atoms with E-state index >= 15 is 0 Å². The lowest BCUT2D eigenvalue weighted by Gasteiger charge is -2.28. The molecule has 1 aliphatic rings. The zero-order chi connectivity index (χ0) is 14.3. The number of hydrogen-bond donors (Lipinski definition) is 1. The summed E-state index contributed by atoms with van der Waals surface area (Å²) < 4.78 is 2.51. The van der Waals surface area contributed by atoms with Gasteiger partial charge in [-0.1, -0.05) is 19.9 Å². The van der Waals surface area contributed by atoms with Crippen molar-refractivity contribution in [1.82, 2.24) is 4.57 Å². The van der Waals surface area contributed by atoms with Crippen LogP contribution in [0.1, 0.15) is 54.6 Å². The Morgan fingerprint density at radius 1 is 1.45 bits per heavy atom. The molecule has 1 atom stereocenters. The van der Waals surface area contributed by atoms with E-state index in [0.717, 1.165) is 13.0 Å². The Hall–Kier alpha value is -1.06. The summed E-state index contributed by atoms with van der Waals surface area (Å²) in [6.45, 7) is 7.94. The van der Waals surface area contributed by atoms with Crippen LogP contribution in [0.25, 0.3) is 0 Å². The summed E-state index contributed by atoms with van der Waals surface area (Å²) in [5.41, 5.74) is 10.7. The molecule has 0 aromatic carbocycles. The van der Waals surface area contributed by atoms with Crippen LogP contribution in [0.15, 0.2) is 23.6 Å². The molecular formula is C17H24N2S. The first-order valence-electron chi connectivity index (χ1n) is 7.47. The van der Waals surface area contributed by atoms with Gasteiger partial charge in [-0.25, -0.2) is 0 Å². The third-order valence-electron chi connectivity index (χ3n) is 4.52. The molecular weight excluding hydrogens is 264 g/mol.